The summed E-state index contributed by atoms with van der Waals surface area (Å²) in [5, 5.41) is 2.70. The summed E-state index contributed by atoms with van der Waals surface area (Å²) in [6.45, 7) is -1.67. The molecule has 0 bridgehead atoms. The van der Waals surface area contributed by atoms with Crippen molar-refractivity contribution in [1.29, 1.82) is 0 Å². The van der Waals surface area contributed by atoms with Gasteiger partial charge in [0.15, 0.2) is 0 Å². The molecule has 0 aromatic carbocycles. The molecule has 3 rings (SSSR count). The first kappa shape index (κ1) is 20.2. The predicted molar refractivity (Wildman–Crippen MR) is 79.8 cm³/mol. The van der Waals surface area contributed by atoms with Gasteiger partial charge in [0.2, 0.25) is 5.91 Å². The first-order chi connectivity index (χ1) is 11.2. The molecule has 144 valence electrons. The van der Waals surface area contributed by atoms with Crippen LogP contribution in [0.1, 0.15) is 19.3 Å². The van der Waals surface area contributed by atoms with Crippen LogP contribution in [0.5, 0.6) is 0 Å². The second-order valence-corrected chi connectivity index (χ2v) is 6.71. The Bertz CT molecular complexity index is 543. The van der Waals surface area contributed by atoms with Crippen LogP contribution in [0.3, 0.4) is 0 Å². The minimum atomic E-state index is -5.03. The predicted octanol–water partition coefficient (Wildman–Crippen LogP) is 1.21. The fourth-order valence-electron chi connectivity index (χ4n) is 3.53. The quantitative estimate of drug-likeness (QED) is 0.720. The van der Waals surface area contributed by atoms with Gasteiger partial charge in [-0.15, -0.1) is 12.4 Å². The van der Waals surface area contributed by atoms with Crippen LogP contribution in [-0.2, 0) is 9.59 Å². The van der Waals surface area contributed by atoms with Crippen LogP contribution in [0.15, 0.2) is 0 Å². The Kier molecular flexibility index (Phi) is 5.53. The lowest BCUT2D eigenvalue weighted by Crippen LogP contribution is -2.66. The van der Waals surface area contributed by atoms with Crippen molar-refractivity contribution >= 4 is 24.2 Å². The molecule has 3 aliphatic rings. The van der Waals surface area contributed by atoms with E-state index in [-0.39, 0.29) is 31.9 Å². The molecule has 0 aromatic rings. The molecule has 25 heavy (non-hydrogen) atoms. The highest BCUT2D eigenvalue weighted by Crippen LogP contribution is 2.47. The molecular formula is C14H19ClF5N3O2. The third-order valence-corrected chi connectivity index (χ3v) is 5.02. The molecule has 2 heterocycles. The summed E-state index contributed by atoms with van der Waals surface area (Å²) in [6.07, 6.45) is -5.57. The van der Waals surface area contributed by atoms with E-state index >= 15 is 0 Å². The molecule has 5 nitrogen and oxygen atoms in total. The van der Waals surface area contributed by atoms with Crippen LogP contribution in [0.2, 0.25) is 0 Å². The van der Waals surface area contributed by atoms with Gasteiger partial charge in [0.05, 0.1) is 17.6 Å². The van der Waals surface area contributed by atoms with Crippen LogP contribution in [0, 0.1) is 0 Å². The lowest BCUT2D eigenvalue weighted by Gasteiger charge is -2.47. The highest BCUT2D eigenvalue weighted by Gasteiger charge is 2.60. The second-order valence-electron chi connectivity index (χ2n) is 6.71. The number of piperazine rings is 1. The van der Waals surface area contributed by atoms with Gasteiger partial charge >= 0.3 is 12.1 Å². The topological polar surface area (TPSA) is 52.7 Å². The Morgan fingerprint density at radius 1 is 1.24 bits per heavy atom. The number of alkyl halides is 5. The number of carbonyl (C=O) groups is 2. The minimum absolute atomic E-state index is 0. The van der Waals surface area contributed by atoms with Gasteiger partial charge in [-0.2, -0.15) is 13.2 Å². The van der Waals surface area contributed by atoms with E-state index in [1.54, 1.807) is 0 Å². The van der Waals surface area contributed by atoms with Gasteiger partial charge in [0, 0.05) is 26.1 Å². The van der Waals surface area contributed by atoms with Crippen molar-refractivity contribution in [3.8, 4) is 0 Å². The molecule has 2 amide bonds. The lowest BCUT2D eigenvalue weighted by atomic mass is 10.0. The number of carbonyl (C=O) groups excluding carboxylic acids is 2. The van der Waals surface area contributed by atoms with E-state index in [1.165, 1.54) is 4.90 Å². The number of hydrogen-bond acceptors (Lipinski definition) is 3. The van der Waals surface area contributed by atoms with E-state index in [1.807, 2.05) is 0 Å². The molecule has 2 saturated heterocycles. The molecule has 0 radical (unpaired) electrons. The van der Waals surface area contributed by atoms with Crippen LogP contribution >= 0.6 is 12.4 Å². The molecule has 0 aromatic heterocycles. The standard InChI is InChI=1S/C14H18F5N3O2.ClH/c15-4-9-6-22(12(24)14(17,18)19)13(1-2-13)7-21(9)11(23)10-3-8(16)5-20-10;/h8-10,20H,1-7H2;1H/t8-,9+,10-;/m1./s1. The SMILES string of the molecule is Cl.O=C([C@H]1C[C@@H](F)CN1)N1CC2(CC2)N(C(=O)C(F)(F)F)C[C@@H]1CF. The highest BCUT2D eigenvalue weighted by molar-refractivity contribution is 5.86. The van der Waals surface area contributed by atoms with Gasteiger partial charge in [0.25, 0.3) is 0 Å². The molecule has 1 spiro atoms. The molecule has 3 atom stereocenters. The van der Waals surface area contributed by atoms with E-state index in [2.05, 4.69) is 5.32 Å². The molecule has 0 unspecified atom stereocenters. The summed E-state index contributed by atoms with van der Waals surface area (Å²) in [5.41, 5.74) is -1.07. The van der Waals surface area contributed by atoms with Crippen LogP contribution in [-0.4, -0.2) is 77.9 Å². The minimum Gasteiger partial charge on any atom is -0.332 e. The van der Waals surface area contributed by atoms with Gasteiger partial charge in [-0.3, -0.25) is 9.59 Å². The Balaban J connectivity index is 0.00000225. The number of nitrogens with one attached hydrogen (secondary N) is 1. The summed E-state index contributed by atoms with van der Waals surface area (Å²) >= 11 is 0. The van der Waals surface area contributed by atoms with Gasteiger partial charge in [-0.25, -0.2) is 8.78 Å². The van der Waals surface area contributed by atoms with Crippen molar-refractivity contribution in [3.05, 3.63) is 0 Å². The largest absolute Gasteiger partial charge is 0.471 e. The zero-order valence-corrected chi connectivity index (χ0v) is 14.0. The summed E-state index contributed by atoms with van der Waals surface area (Å²) in [7, 11) is 0. The maximum atomic E-state index is 13.4. The van der Waals surface area contributed by atoms with Crippen molar-refractivity contribution in [3.63, 3.8) is 0 Å². The van der Waals surface area contributed by atoms with E-state index in [9.17, 15) is 31.5 Å². The number of hydrogen-bond donors (Lipinski definition) is 1. The van der Waals surface area contributed by atoms with E-state index in [4.69, 9.17) is 0 Å². The van der Waals surface area contributed by atoms with Crippen LogP contribution in [0.25, 0.3) is 0 Å². The number of halogens is 6. The van der Waals surface area contributed by atoms with E-state index in [0.29, 0.717) is 17.7 Å². The zero-order valence-electron chi connectivity index (χ0n) is 13.2. The van der Waals surface area contributed by atoms with Crippen molar-refractivity contribution < 1.29 is 31.5 Å². The molecule has 2 aliphatic heterocycles. The lowest BCUT2D eigenvalue weighted by molar-refractivity contribution is -0.193. The van der Waals surface area contributed by atoms with Gasteiger partial charge in [-0.1, -0.05) is 0 Å². The van der Waals surface area contributed by atoms with E-state index in [0.717, 1.165) is 0 Å². The zero-order chi connectivity index (χ0) is 17.7. The average Bonchev–Trinajstić information content (AvgIpc) is 3.15. The smallest absolute Gasteiger partial charge is 0.332 e. The Labute approximate surface area is 147 Å². The first-order valence-electron chi connectivity index (χ1n) is 7.80. The average molecular weight is 392 g/mol. The number of amides is 2. The van der Waals surface area contributed by atoms with Gasteiger partial charge in [0.1, 0.15) is 12.8 Å². The Morgan fingerprint density at radius 3 is 2.32 bits per heavy atom. The van der Waals surface area contributed by atoms with E-state index < -0.39 is 55.0 Å². The summed E-state index contributed by atoms with van der Waals surface area (Å²) in [5.74, 6) is -2.50. The molecule has 1 aliphatic carbocycles. The molecule has 3 fully saturated rings. The molecular weight excluding hydrogens is 373 g/mol. The van der Waals surface area contributed by atoms with Crippen molar-refractivity contribution in [2.75, 3.05) is 26.3 Å². The Morgan fingerprint density at radius 2 is 1.88 bits per heavy atom. The number of nitrogens with zero attached hydrogens (tertiary/aromatic N) is 2. The van der Waals surface area contributed by atoms with Crippen molar-refractivity contribution in [1.82, 2.24) is 15.1 Å². The monoisotopic (exact) mass is 391 g/mol. The maximum absolute atomic E-state index is 13.4. The molecule has 1 saturated carbocycles. The Hall–Kier alpha value is -1.16. The third kappa shape index (κ3) is 3.69. The van der Waals surface area contributed by atoms with Crippen molar-refractivity contribution in [2.24, 2.45) is 0 Å². The van der Waals surface area contributed by atoms with Crippen molar-refractivity contribution in [2.45, 2.75) is 49.2 Å². The first-order valence-corrected chi connectivity index (χ1v) is 7.80. The van der Waals surface area contributed by atoms with Crippen LogP contribution < -0.4 is 5.32 Å². The molecule has 1 N–H and O–H groups in total. The summed E-state index contributed by atoms with van der Waals surface area (Å²) in [6, 6.07) is -1.94. The molecule has 11 heteroatoms. The second kappa shape index (κ2) is 6.86. The van der Waals surface area contributed by atoms with Crippen LogP contribution in [0.4, 0.5) is 22.0 Å². The summed E-state index contributed by atoms with van der Waals surface area (Å²) < 4.78 is 64.9. The normalized spacial score (nSPS) is 31.0. The fraction of sp³-hybridized carbons (Fsp3) is 0.857. The number of rotatable bonds is 2. The highest BCUT2D eigenvalue weighted by atomic mass is 35.5. The fourth-order valence-corrected chi connectivity index (χ4v) is 3.53. The maximum Gasteiger partial charge on any atom is 0.471 e. The third-order valence-electron chi connectivity index (χ3n) is 5.02. The van der Waals surface area contributed by atoms with Gasteiger partial charge < -0.3 is 15.1 Å². The summed E-state index contributed by atoms with van der Waals surface area (Å²) in [4.78, 5) is 26.0. The van der Waals surface area contributed by atoms with Gasteiger partial charge in [-0.05, 0) is 12.8 Å².